The zero-order valence-corrected chi connectivity index (χ0v) is 11.6. The molecule has 0 amide bonds. The number of rotatable bonds is 7. The number of hydrogen-bond donors (Lipinski definition) is 1. The summed E-state index contributed by atoms with van der Waals surface area (Å²) in [6.07, 6.45) is 2.98. The Morgan fingerprint density at radius 3 is 2.94 bits per heavy atom. The molecular weight excluding hydrogens is 248 g/mol. The third kappa shape index (κ3) is 3.61. The highest BCUT2D eigenvalue weighted by Gasteiger charge is 2.10. The van der Waals surface area contributed by atoms with E-state index in [1.54, 1.807) is 11.3 Å². The number of aryl methyl sites for hydroxylation is 2. The van der Waals surface area contributed by atoms with Crippen LogP contribution in [0.2, 0.25) is 0 Å². The maximum absolute atomic E-state index is 5.58. The molecule has 0 atom stereocenters. The molecule has 0 saturated carbocycles. The molecule has 0 unspecified atom stereocenters. The van der Waals surface area contributed by atoms with Gasteiger partial charge in [-0.05, 0) is 32.9 Å². The molecule has 1 N–H and O–H groups in total. The molecule has 18 heavy (non-hydrogen) atoms. The number of hydrogen-bond acceptors (Lipinski definition) is 6. The van der Waals surface area contributed by atoms with E-state index in [0.717, 1.165) is 43.1 Å². The van der Waals surface area contributed by atoms with Gasteiger partial charge in [0.2, 0.25) is 5.89 Å². The summed E-state index contributed by atoms with van der Waals surface area (Å²) in [5.74, 6) is 1.21. The third-order valence-electron chi connectivity index (χ3n) is 2.48. The number of nitrogens with one attached hydrogen (secondary N) is 1. The summed E-state index contributed by atoms with van der Waals surface area (Å²) >= 11 is 1.59. The van der Waals surface area contributed by atoms with Crippen LogP contribution in [0.3, 0.4) is 0 Å². The van der Waals surface area contributed by atoms with Gasteiger partial charge in [-0.1, -0.05) is 6.92 Å². The molecule has 0 aliphatic rings. The van der Waals surface area contributed by atoms with E-state index in [-0.39, 0.29) is 0 Å². The summed E-state index contributed by atoms with van der Waals surface area (Å²) in [5.41, 5.74) is 0.778. The molecule has 0 aliphatic carbocycles. The van der Waals surface area contributed by atoms with E-state index in [1.807, 2.05) is 12.3 Å². The first-order valence-corrected chi connectivity index (χ1v) is 7.13. The lowest BCUT2D eigenvalue weighted by Gasteiger charge is -1.99. The van der Waals surface area contributed by atoms with Crippen LogP contribution in [-0.4, -0.2) is 28.3 Å². The fourth-order valence-corrected chi connectivity index (χ4v) is 2.17. The minimum absolute atomic E-state index is 0.524. The molecular formula is C12H18N4OS. The Labute approximate surface area is 111 Å². The molecule has 0 spiro atoms. The van der Waals surface area contributed by atoms with Gasteiger partial charge in [0.1, 0.15) is 5.69 Å². The summed E-state index contributed by atoms with van der Waals surface area (Å²) in [7, 11) is 0. The second kappa shape index (κ2) is 6.61. The lowest BCUT2D eigenvalue weighted by molar-refractivity contribution is 0.490. The Bertz CT molecular complexity index is 480. The molecule has 0 fully saturated rings. The van der Waals surface area contributed by atoms with Crippen molar-refractivity contribution in [3.63, 3.8) is 0 Å². The summed E-state index contributed by atoms with van der Waals surface area (Å²) in [4.78, 5) is 4.32. The molecule has 2 rings (SSSR count). The minimum Gasteiger partial charge on any atom is -0.419 e. The predicted molar refractivity (Wildman–Crippen MR) is 71.6 cm³/mol. The van der Waals surface area contributed by atoms with Crippen LogP contribution in [0, 0.1) is 6.92 Å². The van der Waals surface area contributed by atoms with E-state index in [4.69, 9.17) is 4.42 Å². The fraction of sp³-hybridized carbons (Fsp3) is 0.583. The maximum Gasteiger partial charge on any atom is 0.267 e. The molecule has 0 bridgehead atoms. The molecule has 0 radical (unpaired) electrons. The Morgan fingerprint density at radius 1 is 1.33 bits per heavy atom. The molecule has 2 aromatic rings. The zero-order valence-electron chi connectivity index (χ0n) is 10.8. The van der Waals surface area contributed by atoms with Gasteiger partial charge >= 0.3 is 0 Å². The lowest BCUT2D eigenvalue weighted by Crippen LogP contribution is -2.16. The van der Waals surface area contributed by atoms with Crippen molar-refractivity contribution in [1.82, 2.24) is 20.5 Å². The van der Waals surface area contributed by atoms with E-state index in [1.165, 1.54) is 0 Å². The van der Waals surface area contributed by atoms with E-state index < -0.39 is 0 Å². The van der Waals surface area contributed by atoms with Crippen LogP contribution in [0.5, 0.6) is 0 Å². The van der Waals surface area contributed by atoms with Crippen LogP contribution in [0.25, 0.3) is 11.6 Å². The van der Waals surface area contributed by atoms with Crippen LogP contribution in [0.15, 0.2) is 9.80 Å². The van der Waals surface area contributed by atoms with Gasteiger partial charge in [-0.2, -0.15) is 0 Å². The second-order valence-electron chi connectivity index (χ2n) is 4.11. The third-order valence-corrected chi connectivity index (χ3v) is 3.25. The Morgan fingerprint density at radius 2 is 2.22 bits per heavy atom. The molecule has 0 saturated heterocycles. The fourth-order valence-electron chi connectivity index (χ4n) is 1.59. The smallest absolute Gasteiger partial charge is 0.267 e. The van der Waals surface area contributed by atoms with Crippen molar-refractivity contribution >= 4 is 11.3 Å². The van der Waals surface area contributed by atoms with E-state index in [0.29, 0.717) is 11.8 Å². The van der Waals surface area contributed by atoms with Gasteiger partial charge < -0.3 is 9.73 Å². The van der Waals surface area contributed by atoms with Gasteiger partial charge in [-0.25, -0.2) is 4.98 Å². The summed E-state index contributed by atoms with van der Waals surface area (Å²) < 4.78 is 5.58. The van der Waals surface area contributed by atoms with Gasteiger partial charge in [-0.3, -0.25) is 0 Å². The standard InChI is InChI=1S/C12H18N4OS/c1-3-6-13-7-4-5-11-15-16-12(17-11)10-8-18-9(2)14-10/h8,13H,3-7H2,1-2H3. The summed E-state index contributed by atoms with van der Waals surface area (Å²) in [5, 5.41) is 14.4. The van der Waals surface area contributed by atoms with Gasteiger partial charge in [0.05, 0.1) is 5.01 Å². The van der Waals surface area contributed by atoms with E-state index in [9.17, 15) is 0 Å². The van der Waals surface area contributed by atoms with Crippen LogP contribution in [-0.2, 0) is 6.42 Å². The van der Waals surface area contributed by atoms with Crippen molar-refractivity contribution in [1.29, 1.82) is 0 Å². The first kappa shape index (κ1) is 13.2. The maximum atomic E-state index is 5.58. The van der Waals surface area contributed by atoms with Gasteiger partial charge in [-0.15, -0.1) is 21.5 Å². The normalized spacial score (nSPS) is 11.0. The van der Waals surface area contributed by atoms with Crippen molar-refractivity contribution in [3.05, 3.63) is 16.3 Å². The SMILES string of the molecule is CCCNCCCc1nnc(-c2csc(C)n2)o1. The first-order valence-electron chi connectivity index (χ1n) is 6.25. The van der Waals surface area contributed by atoms with Crippen molar-refractivity contribution in [2.75, 3.05) is 13.1 Å². The average molecular weight is 266 g/mol. The molecule has 5 nitrogen and oxygen atoms in total. The van der Waals surface area contributed by atoms with Crippen molar-refractivity contribution < 1.29 is 4.42 Å². The number of nitrogens with zero attached hydrogens (tertiary/aromatic N) is 3. The first-order chi connectivity index (χ1) is 8.79. The van der Waals surface area contributed by atoms with E-state index >= 15 is 0 Å². The molecule has 0 aliphatic heterocycles. The van der Waals surface area contributed by atoms with Crippen LogP contribution in [0.1, 0.15) is 30.7 Å². The van der Waals surface area contributed by atoms with Crippen molar-refractivity contribution in [3.8, 4) is 11.6 Å². The highest BCUT2D eigenvalue weighted by Crippen LogP contribution is 2.20. The largest absolute Gasteiger partial charge is 0.419 e. The van der Waals surface area contributed by atoms with Gasteiger partial charge in [0.25, 0.3) is 5.89 Å². The number of aromatic nitrogens is 3. The van der Waals surface area contributed by atoms with Gasteiger partial charge in [0.15, 0.2) is 0 Å². The quantitative estimate of drug-likeness (QED) is 0.780. The topological polar surface area (TPSA) is 63.8 Å². The van der Waals surface area contributed by atoms with Gasteiger partial charge in [0, 0.05) is 11.8 Å². The Kier molecular flexibility index (Phi) is 4.83. The zero-order chi connectivity index (χ0) is 12.8. The van der Waals surface area contributed by atoms with Crippen molar-refractivity contribution in [2.24, 2.45) is 0 Å². The Balaban J connectivity index is 1.83. The summed E-state index contributed by atoms with van der Waals surface area (Å²) in [6.45, 7) is 6.17. The molecule has 98 valence electrons. The highest BCUT2D eigenvalue weighted by atomic mass is 32.1. The highest BCUT2D eigenvalue weighted by molar-refractivity contribution is 7.09. The van der Waals surface area contributed by atoms with Crippen LogP contribution >= 0.6 is 11.3 Å². The monoisotopic (exact) mass is 266 g/mol. The summed E-state index contributed by atoms with van der Waals surface area (Å²) in [6, 6.07) is 0. The van der Waals surface area contributed by atoms with Crippen LogP contribution in [0.4, 0.5) is 0 Å². The molecule has 6 heteroatoms. The number of thiazole rings is 1. The molecule has 2 aromatic heterocycles. The Hall–Kier alpha value is -1.27. The predicted octanol–water partition coefficient (Wildman–Crippen LogP) is 2.43. The molecule has 2 heterocycles. The average Bonchev–Trinajstić information content (AvgIpc) is 2.97. The van der Waals surface area contributed by atoms with E-state index in [2.05, 4.69) is 27.4 Å². The van der Waals surface area contributed by atoms with Crippen molar-refractivity contribution in [2.45, 2.75) is 33.1 Å². The lowest BCUT2D eigenvalue weighted by atomic mass is 10.3. The minimum atomic E-state index is 0.524. The van der Waals surface area contributed by atoms with Crippen LogP contribution < -0.4 is 5.32 Å². The second-order valence-corrected chi connectivity index (χ2v) is 5.17. The molecule has 0 aromatic carbocycles.